The minimum Gasteiger partial charge on any atom is -0.350 e. The van der Waals surface area contributed by atoms with E-state index in [0.717, 1.165) is 22.0 Å². The van der Waals surface area contributed by atoms with Gasteiger partial charge in [0.05, 0.1) is 6.04 Å². The predicted octanol–water partition coefficient (Wildman–Crippen LogP) is 2.87. The van der Waals surface area contributed by atoms with Gasteiger partial charge in [0, 0.05) is 42.3 Å². The van der Waals surface area contributed by atoms with Gasteiger partial charge in [-0.15, -0.1) is 0 Å². The number of para-hydroxylation sites is 1. The van der Waals surface area contributed by atoms with Crippen LogP contribution in [0.5, 0.6) is 0 Å². The third kappa shape index (κ3) is 4.78. The highest BCUT2D eigenvalue weighted by Crippen LogP contribution is 2.28. The van der Waals surface area contributed by atoms with Crippen LogP contribution in [-0.2, 0) is 23.2 Å². The molecule has 3 aromatic rings. The van der Waals surface area contributed by atoms with Crippen molar-refractivity contribution in [3.05, 3.63) is 70.9 Å². The highest BCUT2D eigenvalue weighted by Gasteiger charge is 2.22. The fourth-order valence-electron chi connectivity index (χ4n) is 3.38. The largest absolute Gasteiger partial charge is 0.350 e. The van der Waals surface area contributed by atoms with Gasteiger partial charge in [-0.05, 0) is 37.4 Å². The summed E-state index contributed by atoms with van der Waals surface area (Å²) in [7, 11) is 5.91. The standard InChI is InChI=1S/C22H25ClN4O2/c1-26(2)20(17-14-27(3)19-11-7-5-9-16(17)19)13-25-22(29)21(28)24-12-15-8-4-6-10-18(15)23/h4-11,14,20H,12-13H2,1-3H3,(H,24,28)(H,25,29)/t20-/m1/s1. The van der Waals surface area contributed by atoms with Crippen molar-refractivity contribution in [2.75, 3.05) is 20.6 Å². The first-order valence-corrected chi connectivity index (χ1v) is 9.76. The van der Waals surface area contributed by atoms with E-state index in [-0.39, 0.29) is 12.6 Å². The number of halogens is 1. The molecular weight excluding hydrogens is 388 g/mol. The van der Waals surface area contributed by atoms with Crippen molar-refractivity contribution in [1.29, 1.82) is 0 Å². The van der Waals surface area contributed by atoms with Crippen molar-refractivity contribution in [1.82, 2.24) is 20.1 Å². The van der Waals surface area contributed by atoms with Crippen LogP contribution >= 0.6 is 11.6 Å². The molecule has 0 fully saturated rings. The average molecular weight is 413 g/mol. The lowest BCUT2D eigenvalue weighted by atomic mass is 10.0. The number of nitrogens with zero attached hydrogens (tertiary/aromatic N) is 2. The van der Waals surface area contributed by atoms with Gasteiger partial charge in [0.25, 0.3) is 0 Å². The number of hydrogen-bond donors (Lipinski definition) is 2. The second kappa shape index (κ2) is 9.11. The zero-order valence-corrected chi connectivity index (χ0v) is 17.5. The lowest BCUT2D eigenvalue weighted by Crippen LogP contribution is -2.42. The third-order valence-electron chi connectivity index (χ3n) is 4.97. The molecule has 1 heterocycles. The van der Waals surface area contributed by atoms with Gasteiger partial charge in [0.1, 0.15) is 0 Å². The Bertz CT molecular complexity index is 1030. The number of hydrogen-bond acceptors (Lipinski definition) is 3. The molecule has 6 nitrogen and oxygen atoms in total. The SMILES string of the molecule is CN(C)[C@H](CNC(=O)C(=O)NCc1ccccc1Cl)c1cn(C)c2ccccc12. The maximum atomic E-state index is 12.3. The maximum Gasteiger partial charge on any atom is 0.309 e. The maximum absolute atomic E-state index is 12.3. The number of benzene rings is 2. The van der Waals surface area contributed by atoms with Crippen molar-refractivity contribution in [2.24, 2.45) is 7.05 Å². The summed E-state index contributed by atoms with van der Waals surface area (Å²) >= 11 is 6.08. The average Bonchev–Trinajstić information content (AvgIpc) is 3.03. The number of carbonyl (C=O) groups excluding carboxylic acids is 2. The molecule has 7 heteroatoms. The minimum absolute atomic E-state index is 0.0681. The summed E-state index contributed by atoms with van der Waals surface area (Å²) in [6.45, 7) is 0.520. The van der Waals surface area contributed by atoms with Gasteiger partial charge in [-0.1, -0.05) is 48.0 Å². The van der Waals surface area contributed by atoms with Crippen LogP contribution in [0.4, 0.5) is 0 Å². The molecule has 2 amide bonds. The summed E-state index contributed by atoms with van der Waals surface area (Å²) in [4.78, 5) is 26.5. The number of amides is 2. The molecule has 3 rings (SSSR count). The second-order valence-corrected chi connectivity index (χ2v) is 7.58. The molecule has 0 spiro atoms. The molecule has 29 heavy (non-hydrogen) atoms. The molecule has 2 N–H and O–H groups in total. The van der Waals surface area contributed by atoms with Crippen LogP contribution in [0.3, 0.4) is 0 Å². The first-order valence-electron chi connectivity index (χ1n) is 9.38. The Morgan fingerprint density at radius 1 is 1.03 bits per heavy atom. The molecule has 0 aliphatic carbocycles. The van der Waals surface area contributed by atoms with E-state index in [2.05, 4.69) is 33.5 Å². The van der Waals surface area contributed by atoms with Crippen LogP contribution in [0.1, 0.15) is 17.2 Å². The number of likely N-dealkylation sites (N-methyl/N-ethyl adjacent to an activating group) is 1. The summed E-state index contributed by atoms with van der Waals surface area (Å²) in [5, 5.41) is 7.05. The Kier molecular flexibility index (Phi) is 6.56. The molecule has 0 bridgehead atoms. The van der Waals surface area contributed by atoms with Crippen molar-refractivity contribution < 1.29 is 9.59 Å². The van der Waals surface area contributed by atoms with Crippen LogP contribution in [0.15, 0.2) is 54.7 Å². The van der Waals surface area contributed by atoms with Gasteiger partial charge in [-0.3, -0.25) is 9.59 Å². The van der Waals surface area contributed by atoms with Crippen LogP contribution in [0.25, 0.3) is 10.9 Å². The molecule has 0 aliphatic heterocycles. The molecular formula is C22H25ClN4O2. The summed E-state index contributed by atoms with van der Waals surface area (Å²) in [6.07, 6.45) is 2.07. The molecule has 1 aromatic heterocycles. The van der Waals surface area contributed by atoms with Gasteiger partial charge < -0.3 is 20.1 Å². The molecule has 0 saturated carbocycles. The summed E-state index contributed by atoms with van der Waals surface area (Å²) in [6, 6.07) is 15.3. The topological polar surface area (TPSA) is 66.4 Å². The van der Waals surface area contributed by atoms with Crippen molar-refractivity contribution >= 4 is 34.3 Å². The zero-order valence-electron chi connectivity index (χ0n) is 16.8. The molecule has 1 atom stereocenters. The van der Waals surface area contributed by atoms with Gasteiger partial charge in [0.2, 0.25) is 0 Å². The number of fused-ring (bicyclic) bond motifs is 1. The van der Waals surface area contributed by atoms with Crippen molar-refractivity contribution in [3.8, 4) is 0 Å². The van der Waals surface area contributed by atoms with E-state index in [1.165, 1.54) is 0 Å². The Balaban J connectivity index is 1.65. The monoisotopic (exact) mass is 412 g/mol. The van der Waals surface area contributed by atoms with Crippen molar-refractivity contribution in [2.45, 2.75) is 12.6 Å². The van der Waals surface area contributed by atoms with Crippen LogP contribution in [-0.4, -0.2) is 41.9 Å². The van der Waals surface area contributed by atoms with Gasteiger partial charge in [-0.2, -0.15) is 0 Å². The van der Waals surface area contributed by atoms with E-state index in [1.54, 1.807) is 6.07 Å². The Hall–Kier alpha value is -2.83. The molecule has 0 radical (unpaired) electrons. The fraction of sp³-hybridized carbons (Fsp3) is 0.273. The molecule has 2 aromatic carbocycles. The Morgan fingerprint density at radius 3 is 2.41 bits per heavy atom. The van der Waals surface area contributed by atoms with E-state index < -0.39 is 11.8 Å². The van der Waals surface area contributed by atoms with E-state index in [4.69, 9.17) is 11.6 Å². The normalized spacial score (nSPS) is 12.2. The van der Waals surface area contributed by atoms with Crippen LogP contribution in [0, 0.1) is 0 Å². The van der Waals surface area contributed by atoms with Gasteiger partial charge in [0.15, 0.2) is 0 Å². The molecule has 0 saturated heterocycles. The lowest BCUT2D eigenvalue weighted by Gasteiger charge is -2.24. The molecule has 0 aliphatic rings. The zero-order chi connectivity index (χ0) is 21.0. The lowest BCUT2D eigenvalue weighted by molar-refractivity contribution is -0.139. The van der Waals surface area contributed by atoms with Crippen LogP contribution in [0.2, 0.25) is 5.02 Å². The van der Waals surface area contributed by atoms with E-state index in [1.807, 2.05) is 56.4 Å². The van der Waals surface area contributed by atoms with E-state index in [0.29, 0.717) is 11.6 Å². The summed E-state index contributed by atoms with van der Waals surface area (Å²) in [5.41, 5.74) is 2.99. The Labute approximate surface area is 175 Å². The quantitative estimate of drug-likeness (QED) is 0.612. The highest BCUT2D eigenvalue weighted by molar-refractivity contribution is 6.35. The number of nitrogens with one attached hydrogen (secondary N) is 2. The third-order valence-corrected chi connectivity index (χ3v) is 5.34. The Morgan fingerprint density at radius 2 is 1.69 bits per heavy atom. The summed E-state index contributed by atoms with van der Waals surface area (Å²) in [5.74, 6) is -1.34. The number of carbonyl (C=O) groups is 2. The van der Waals surface area contributed by atoms with Crippen LogP contribution < -0.4 is 10.6 Å². The smallest absolute Gasteiger partial charge is 0.309 e. The predicted molar refractivity (Wildman–Crippen MR) is 116 cm³/mol. The summed E-state index contributed by atoms with van der Waals surface area (Å²) < 4.78 is 2.07. The second-order valence-electron chi connectivity index (χ2n) is 7.18. The fourth-order valence-corrected chi connectivity index (χ4v) is 3.58. The first-order chi connectivity index (χ1) is 13.9. The van der Waals surface area contributed by atoms with E-state index >= 15 is 0 Å². The number of aromatic nitrogens is 1. The molecule has 152 valence electrons. The number of aryl methyl sites for hydroxylation is 1. The van der Waals surface area contributed by atoms with Crippen molar-refractivity contribution in [3.63, 3.8) is 0 Å². The number of rotatable bonds is 6. The molecule has 0 unspecified atom stereocenters. The van der Waals surface area contributed by atoms with Gasteiger partial charge >= 0.3 is 11.8 Å². The first kappa shape index (κ1) is 20.9. The van der Waals surface area contributed by atoms with E-state index in [9.17, 15) is 9.59 Å². The highest BCUT2D eigenvalue weighted by atomic mass is 35.5. The minimum atomic E-state index is -0.680. The van der Waals surface area contributed by atoms with Gasteiger partial charge in [-0.25, -0.2) is 0 Å².